The van der Waals surface area contributed by atoms with E-state index in [2.05, 4.69) is 10.3 Å². The topological polar surface area (TPSA) is 96.9 Å². The minimum absolute atomic E-state index is 0.0116. The summed E-state index contributed by atoms with van der Waals surface area (Å²) in [5, 5.41) is 12.5. The highest BCUT2D eigenvalue weighted by Crippen LogP contribution is 2.26. The second kappa shape index (κ2) is 5.17. The van der Waals surface area contributed by atoms with Gasteiger partial charge in [0.25, 0.3) is 0 Å². The van der Waals surface area contributed by atoms with Gasteiger partial charge in [0.15, 0.2) is 6.04 Å². The van der Waals surface area contributed by atoms with Gasteiger partial charge in [-0.05, 0) is 26.0 Å². The predicted molar refractivity (Wildman–Crippen MR) is 72.1 cm³/mol. The fourth-order valence-electron chi connectivity index (χ4n) is 1.92. The number of carbonyl (C=O) groups is 1. The summed E-state index contributed by atoms with van der Waals surface area (Å²) < 4.78 is 5.54. The summed E-state index contributed by atoms with van der Waals surface area (Å²) in [6.07, 6.45) is -0.362. The van der Waals surface area contributed by atoms with Crippen molar-refractivity contribution < 1.29 is 14.6 Å². The van der Waals surface area contributed by atoms with E-state index in [0.29, 0.717) is 17.8 Å². The van der Waals surface area contributed by atoms with Crippen LogP contribution in [0.5, 0.6) is 5.75 Å². The monoisotopic (exact) mass is 263 g/mol. The van der Waals surface area contributed by atoms with E-state index in [0.717, 1.165) is 0 Å². The molecule has 19 heavy (non-hydrogen) atoms. The lowest BCUT2D eigenvalue weighted by molar-refractivity contribution is -0.123. The van der Waals surface area contributed by atoms with Crippen molar-refractivity contribution in [3.63, 3.8) is 0 Å². The number of nitrogens with two attached hydrogens (primary N) is 1. The van der Waals surface area contributed by atoms with Gasteiger partial charge < -0.3 is 20.9 Å². The maximum absolute atomic E-state index is 11.8. The molecule has 2 rings (SSSR count). The van der Waals surface area contributed by atoms with Gasteiger partial charge in [0.1, 0.15) is 11.9 Å². The van der Waals surface area contributed by atoms with Crippen molar-refractivity contribution in [2.24, 2.45) is 4.99 Å². The fourth-order valence-corrected chi connectivity index (χ4v) is 1.92. The highest BCUT2D eigenvalue weighted by atomic mass is 16.5. The van der Waals surface area contributed by atoms with Crippen LogP contribution in [0.4, 0.5) is 5.69 Å². The normalized spacial score (nSPS) is 21.7. The third-order valence-electron chi connectivity index (χ3n) is 2.87. The van der Waals surface area contributed by atoms with Gasteiger partial charge in [0.05, 0.1) is 5.56 Å². The number of amides is 1. The predicted octanol–water partition coefficient (Wildman–Crippen LogP) is 0.644. The minimum atomic E-state index is -0.591. The quantitative estimate of drug-likeness (QED) is 0.697. The van der Waals surface area contributed by atoms with Crippen LogP contribution < -0.4 is 11.1 Å². The molecule has 2 atom stereocenters. The molecule has 0 radical (unpaired) electrons. The Kier molecular flexibility index (Phi) is 3.59. The van der Waals surface area contributed by atoms with Gasteiger partial charge in [-0.15, -0.1) is 0 Å². The molecule has 0 aromatic heterocycles. The summed E-state index contributed by atoms with van der Waals surface area (Å²) in [6.45, 7) is 4.15. The van der Waals surface area contributed by atoms with Gasteiger partial charge >= 0.3 is 0 Å². The maximum atomic E-state index is 11.8. The van der Waals surface area contributed by atoms with Crippen LogP contribution in [0, 0.1) is 0 Å². The van der Waals surface area contributed by atoms with Gasteiger partial charge in [-0.1, -0.05) is 0 Å². The number of ether oxygens (including phenoxy) is 1. The standard InChI is InChI=1S/C13H17N3O3/c1-3-15-12(18)11-7(2)19-13(16-11)9-5-4-8(14)6-10(9)17/h4-7,11,17H,3,14H2,1-2H3,(H,15,18)/t7-,11-/m0/s1. The van der Waals surface area contributed by atoms with Crippen LogP contribution in [0.3, 0.4) is 0 Å². The van der Waals surface area contributed by atoms with Crippen LogP contribution in [-0.2, 0) is 9.53 Å². The van der Waals surface area contributed by atoms with Crippen molar-refractivity contribution in [1.82, 2.24) is 5.32 Å². The Morgan fingerprint density at radius 1 is 1.58 bits per heavy atom. The highest BCUT2D eigenvalue weighted by Gasteiger charge is 2.34. The van der Waals surface area contributed by atoms with Gasteiger partial charge in [-0.25, -0.2) is 4.99 Å². The number of hydrogen-bond donors (Lipinski definition) is 3. The van der Waals surface area contributed by atoms with E-state index in [-0.39, 0.29) is 23.7 Å². The summed E-state index contributed by atoms with van der Waals surface area (Å²) in [5.41, 5.74) is 6.45. The molecule has 102 valence electrons. The zero-order valence-electron chi connectivity index (χ0n) is 10.9. The average molecular weight is 263 g/mol. The molecule has 4 N–H and O–H groups in total. The Balaban J connectivity index is 2.26. The van der Waals surface area contributed by atoms with Crippen LogP contribution in [-0.4, -0.2) is 35.6 Å². The zero-order chi connectivity index (χ0) is 14.0. The molecule has 6 heteroatoms. The minimum Gasteiger partial charge on any atom is -0.507 e. The lowest BCUT2D eigenvalue weighted by atomic mass is 10.2. The van der Waals surface area contributed by atoms with Crippen LogP contribution in [0.2, 0.25) is 0 Å². The number of aliphatic imine (C=N–C) groups is 1. The summed E-state index contributed by atoms with van der Waals surface area (Å²) in [4.78, 5) is 16.0. The van der Waals surface area contributed by atoms with Crippen molar-refractivity contribution in [3.05, 3.63) is 23.8 Å². The fraction of sp³-hybridized carbons (Fsp3) is 0.385. The van der Waals surface area contributed by atoms with Crippen LogP contribution >= 0.6 is 0 Å². The summed E-state index contributed by atoms with van der Waals surface area (Å²) >= 11 is 0. The number of likely N-dealkylation sites (N-methyl/N-ethyl adjacent to an activating group) is 1. The van der Waals surface area contributed by atoms with Crippen LogP contribution in [0.1, 0.15) is 19.4 Å². The van der Waals surface area contributed by atoms with Crippen LogP contribution in [0.25, 0.3) is 0 Å². The van der Waals surface area contributed by atoms with Gasteiger partial charge in [-0.3, -0.25) is 4.79 Å². The first-order valence-electron chi connectivity index (χ1n) is 6.14. The van der Waals surface area contributed by atoms with Gasteiger partial charge in [0.2, 0.25) is 11.8 Å². The Bertz CT molecular complexity index is 528. The Morgan fingerprint density at radius 2 is 2.32 bits per heavy atom. The number of nitrogens with one attached hydrogen (secondary N) is 1. The SMILES string of the molecule is CCNC(=O)[C@H]1N=C(c2ccc(N)cc2O)O[C@H]1C. The Hall–Kier alpha value is -2.24. The molecule has 0 unspecified atom stereocenters. The van der Waals surface area contributed by atoms with Crippen molar-refractivity contribution in [3.8, 4) is 5.75 Å². The van der Waals surface area contributed by atoms with E-state index in [1.165, 1.54) is 6.07 Å². The third kappa shape index (κ3) is 2.62. The molecule has 1 aromatic carbocycles. The maximum Gasteiger partial charge on any atom is 0.248 e. The van der Waals surface area contributed by atoms with Crippen molar-refractivity contribution in [2.75, 3.05) is 12.3 Å². The Labute approximate surface area is 111 Å². The zero-order valence-corrected chi connectivity index (χ0v) is 10.9. The van der Waals surface area contributed by atoms with E-state index in [1.807, 2.05) is 6.92 Å². The molecule has 0 aliphatic carbocycles. The molecule has 0 saturated heterocycles. The molecule has 1 aliphatic rings. The number of rotatable bonds is 3. The summed E-state index contributed by atoms with van der Waals surface area (Å²) in [6, 6.07) is 4.10. The van der Waals surface area contributed by atoms with Crippen molar-refractivity contribution >= 4 is 17.5 Å². The number of nitrogens with zero attached hydrogens (tertiary/aromatic N) is 1. The molecule has 6 nitrogen and oxygen atoms in total. The van der Waals surface area contributed by atoms with E-state index < -0.39 is 6.04 Å². The largest absolute Gasteiger partial charge is 0.507 e. The molecular weight excluding hydrogens is 246 g/mol. The average Bonchev–Trinajstić information content (AvgIpc) is 2.71. The van der Waals surface area contributed by atoms with E-state index >= 15 is 0 Å². The van der Waals surface area contributed by atoms with E-state index in [1.54, 1.807) is 19.1 Å². The number of anilines is 1. The second-order valence-electron chi connectivity index (χ2n) is 4.37. The van der Waals surface area contributed by atoms with Gasteiger partial charge in [-0.2, -0.15) is 0 Å². The number of phenolic OH excluding ortho intramolecular Hbond substituents is 1. The van der Waals surface area contributed by atoms with E-state index in [9.17, 15) is 9.90 Å². The number of aromatic hydroxyl groups is 1. The molecule has 0 spiro atoms. The van der Waals surface area contributed by atoms with Crippen molar-refractivity contribution in [1.29, 1.82) is 0 Å². The third-order valence-corrected chi connectivity index (χ3v) is 2.87. The summed E-state index contributed by atoms with van der Waals surface area (Å²) in [5.74, 6) is 0.0729. The first-order valence-corrected chi connectivity index (χ1v) is 6.14. The number of phenols is 1. The molecule has 0 saturated carbocycles. The molecular formula is C13H17N3O3. The first-order chi connectivity index (χ1) is 9.02. The lowest BCUT2D eigenvalue weighted by Crippen LogP contribution is -2.38. The van der Waals surface area contributed by atoms with Gasteiger partial charge in [0, 0.05) is 18.3 Å². The molecule has 1 aromatic rings. The number of carbonyl (C=O) groups excluding carboxylic acids is 1. The summed E-state index contributed by atoms with van der Waals surface area (Å²) in [7, 11) is 0. The molecule has 0 bridgehead atoms. The Morgan fingerprint density at radius 3 is 2.95 bits per heavy atom. The molecule has 0 fully saturated rings. The number of hydrogen-bond acceptors (Lipinski definition) is 5. The first kappa shape index (κ1) is 13.2. The molecule has 1 aliphatic heterocycles. The smallest absolute Gasteiger partial charge is 0.248 e. The number of nitrogen functional groups attached to an aromatic ring is 1. The lowest BCUT2D eigenvalue weighted by Gasteiger charge is -2.12. The van der Waals surface area contributed by atoms with Crippen molar-refractivity contribution in [2.45, 2.75) is 26.0 Å². The van der Waals surface area contributed by atoms with Crippen LogP contribution in [0.15, 0.2) is 23.2 Å². The molecule has 1 amide bonds. The highest BCUT2D eigenvalue weighted by molar-refractivity contribution is 6.01. The number of benzene rings is 1. The second-order valence-corrected chi connectivity index (χ2v) is 4.37. The molecule has 1 heterocycles. The van der Waals surface area contributed by atoms with E-state index in [4.69, 9.17) is 10.5 Å².